The number of likely N-dealkylation sites (tertiary alicyclic amines) is 1. The average Bonchev–Trinajstić information content (AvgIpc) is 2.45. The van der Waals surface area contributed by atoms with Crippen molar-refractivity contribution in [3.8, 4) is 0 Å². The summed E-state index contributed by atoms with van der Waals surface area (Å²) < 4.78 is 13.2. The van der Waals surface area contributed by atoms with Crippen LogP contribution in [-0.4, -0.2) is 49.6 Å². The maximum absolute atomic E-state index is 13.2. The molecule has 0 saturated carbocycles. The molecule has 1 heterocycles. The van der Waals surface area contributed by atoms with Gasteiger partial charge in [0.2, 0.25) is 0 Å². The first kappa shape index (κ1) is 15.4. The number of hydrogen-bond donors (Lipinski definition) is 1. The number of hydrogen-bond acceptors (Lipinski definition) is 3. The van der Waals surface area contributed by atoms with E-state index in [0.717, 1.165) is 18.5 Å². The van der Waals surface area contributed by atoms with Crippen LogP contribution in [0.1, 0.15) is 30.9 Å². The molecule has 3 nitrogen and oxygen atoms in total. The molecule has 112 valence electrons. The Morgan fingerprint density at radius 1 is 1.40 bits per heavy atom. The molecule has 0 bridgehead atoms. The summed E-state index contributed by atoms with van der Waals surface area (Å²) in [5, 5.41) is 0. The SMILES string of the molecule is CN1CCC(N(C)CCC(N)c2cccc(F)c2)CC1. The van der Waals surface area contributed by atoms with Crippen molar-refractivity contribution >= 4 is 0 Å². The highest BCUT2D eigenvalue weighted by Gasteiger charge is 2.20. The summed E-state index contributed by atoms with van der Waals surface area (Å²) in [6, 6.07) is 7.21. The summed E-state index contributed by atoms with van der Waals surface area (Å²) in [6.45, 7) is 3.31. The zero-order chi connectivity index (χ0) is 14.5. The molecular weight excluding hydrogens is 253 g/mol. The fourth-order valence-corrected chi connectivity index (χ4v) is 2.86. The van der Waals surface area contributed by atoms with E-state index in [2.05, 4.69) is 23.9 Å². The molecule has 0 aliphatic carbocycles. The Morgan fingerprint density at radius 3 is 2.75 bits per heavy atom. The molecule has 1 aromatic carbocycles. The van der Waals surface area contributed by atoms with Crippen molar-refractivity contribution in [1.29, 1.82) is 0 Å². The van der Waals surface area contributed by atoms with Gasteiger partial charge in [-0.3, -0.25) is 0 Å². The predicted molar refractivity (Wildman–Crippen MR) is 81.1 cm³/mol. The van der Waals surface area contributed by atoms with Gasteiger partial charge in [-0.05, 0) is 70.7 Å². The first-order valence-electron chi connectivity index (χ1n) is 7.46. The van der Waals surface area contributed by atoms with E-state index >= 15 is 0 Å². The first-order valence-corrected chi connectivity index (χ1v) is 7.46. The lowest BCUT2D eigenvalue weighted by molar-refractivity contribution is 0.141. The van der Waals surface area contributed by atoms with Gasteiger partial charge in [-0.15, -0.1) is 0 Å². The zero-order valence-electron chi connectivity index (χ0n) is 12.6. The minimum absolute atomic E-state index is 0.0839. The van der Waals surface area contributed by atoms with Crippen LogP contribution in [0.2, 0.25) is 0 Å². The van der Waals surface area contributed by atoms with Crippen LogP contribution in [0.5, 0.6) is 0 Å². The molecule has 20 heavy (non-hydrogen) atoms. The highest BCUT2D eigenvalue weighted by Crippen LogP contribution is 2.18. The van der Waals surface area contributed by atoms with Gasteiger partial charge in [-0.25, -0.2) is 4.39 Å². The van der Waals surface area contributed by atoms with E-state index in [1.165, 1.54) is 32.0 Å². The maximum atomic E-state index is 13.2. The summed E-state index contributed by atoms with van der Waals surface area (Å²) >= 11 is 0. The van der Waals surface area contributed by atoms with Crippen molar-refractivity contribution in [2.24, 2.45) is 5.73 Å². The molecule has 0 aromatic heterocycles. The molecule has 4 heteroatoms. The third kappa shape index (κ3) is 4.27. The van der Waals surface area contributed by atoms with Crippen LogP contribution in [0.4, 0.5) is 4.39 Å². The smallest absolute Gasteiger partial charge is 0.123 e. The standard InChI is InChI=1S/C16H26FN3/c1-19-9-6-15(7-10-19)20(2)11-8-16(18)13-4-3-5-14(17)12-13/h3-5,12,15-16H,6-11,18H2,1-2H3. The second kappa shape index (κ2) is 7.16. The summed E-state index contributed by atoms with van der Waals surface area (Å²) in [4.78, 5) is 4.79. The van der Waals surface area contributed by atoms with Gasteiger partial charge >= 0.3 is 0 Å². The molecular formula is C16H26FN3. The Hall–Kier alpha value is -0.970. The van der Waals surface area contributed by atoms with Crippen molar-refractivity contribution in [2.45, 2.75) is 31.3 Å². The van der Waals surface area contributed by atoms with Crippen LogP contribution >= 0.6 is 0 Å². The lowest BCUT2D eigenvalue weighted by Crippen LogP contribution is -2.42. The van der Waals surface area contributed by atoms with E-state index in [1.54, 1.807) is 12.1 Å². The highest BCUT2D eigenvalue weighted by atomic mass is 19.1. The van der Waals surface area contributed by atoms with Gasteiger partial charge in [0.15, 0.2) is 0 Å². The van der Waals surface area contributed by atoms with Crippen molar-refractivity contribution in [3.63, 3.8) is 0 Å². The molecule has 1 saturated heterocycles. The molecule has 2 rings (SSSR count). The number of nitrogens with two attached hydrogens (primary N) is 1. The Bertz CT molecular complexity index is 416. The number of rotatable bonds is 5. The van der Waals surface area contributed by atoms with Gasteiger partial charge in [0, 0.05) is 12.1 Å². The van der Waals surface area contributed by atoms with E-state index in [0.29, 0.717) is 6.04 Å². The van der Waals surface area contributed by atoms with E-state index in [4.69, 9.17) is 5.73 Å². The summed E-state index contributed by atoms with van der Waals surface area (Å²) in [5.41, 5.74) is 7.05. The fourth-order valence-electron chi connectivity index (χ4n) is 2.86. The minimum atomic E-state index is -0.207. The van der Waals surface area contributed by atoms with Crippen LogP contribution < -0.4 is 5.73 Å². The van der Waals surface area contributed by atoms with Gasteiger partial charge in [-0.2, -0.15) is 0 Å². The summed E-state index contributed by atoms with van der Waals surface area (Å²) in [7, 11) is 4.35. The molecule has 2 N–H and O–H groups in total. The Labute approximate surface area is 121 Å². The normalized spacial score (nSPS) is 19.4. The Kier molecular flexibility index (Phi) is 5.52. The quantitative estimate of drug-likeness (QED) is 0.897. The van der Waals surface area contributed by atoms with Crippen LogP contribution in [-0.2, 0) is 0 Å². The lowest BCUT2D eigenvalue weighted by Gasteiger charge is -2.35. The fraction of sp³-hybridized carbons (Fsp3) is 0.625. The van der Waals surface area contributed by atoms with Crippen molar-refractivity contribution in [1.82, 2.24) is 9.80 Å². The van der Waals surface area contributed by atoms with Gasteiger partial charge in [0.05, 0.1) is 0 Å². The Balaban J connectivity index is 1.79. The van der Waals surface area contributed by atoms with E-state index in [9.17, 15) is 4.39 Å². The molecule has 1 aliphatic rings. The van der Waals surface area contributed by atoms with E-state index < -0.39 is 0 Å². The van der Waals surface area contributed by atoms with Crippen LogP contribution in [0, 0.1) is 5.82 Å². The molecule has 1 fully saturated rings. The molecule has 0 amide bonds. The molecule has 1 atom stereocenters. The highest BCUT2D eigenvalue weighted by molar-refractivity contribution is 5.19. The maximum Gasteiger partial charge on any atom is 0.123 e. The topological polar surface area (TPSA) is 32.5 Å². The van der Waals surface area contributed by atoms with Crippen molar-refractivity contribution < 1.29 is 4.39 Å². The third-order valence-electron chi connectivity index (χ3n) is 4.38. The molecule has 1 aromatic rings. The van der Waals surface area contributed by atoms with E-state index in [-0.39, 0.29) is 11.9 Å². The molecule has 0 spiro atoms. The second-order valence-corrected chi connectivity index (χ2v) is 5.97. The van der Waals surface area contributed by atoms with Crippen LogP contribution in [0.3, 0.4) is 0 Å². The van der Waals surface area contributed by atoms with Gasteiger partial charge in [-0.1, -0.05) is 12.1 Å². The van der Waals surface area contributed by atoms with Gasteiger partial charge < -0.3 is 15.5 Å². The van der Waals surface area contributed by atoms with Crippen molar-refractivity contribution in [3.05, 3.63) is 35.6 Å². The lowest BCUT2D eigenvalue weighted by atomic mass is 10.0. The number of benzene rings is 1. The first-order chi connectivity index (χ1) is 9.56. The summed E-state index contributed by atoms with van der Waals surface area (Å²) in [5.74, 6) is -0.207. The van der Waals surface area contributed by atoms with Crippen LogP contribution in [0.15, 0.2) is 24.3 Å². The molecule has 1 unspecified atom stereocenters. The Morgan fingerprint density at radius 2 is 2.10 bits per heavy atom. The van der Waals surface area contributed by atoms with E-state index in [1.807, 2.05) is 6.07 Å². The molecule has 0 radical (unpaired) electrons. The number of piperidine rings is 1. The van der Waals surface area contributed by atoms with Crippen LogP contribution in [0.25, 0.3) is 0 Å². The number of halogens is 1. The third-order valence-corrected chi connectivity index (χ3v) is 4.38. The minimum Gasteiger partial charge on any atom is -0.324 e. The van der Waals surface area contributed by atoms with Crippen molar-refractivity contribution in [2.75, 3.05) is 33.7 Å². The average molecular weight is 279 g/mol. The second-order valence-electron chi connectivity index (χ2n) is 5.97. The number of nitrogens with zero attached hydrogens (tertiary/aromatic N) is 2. The van der Waals surface area contributed by atoms with Gasteiger partial charge in [0.25, 0.3) is 0 Å². The molecule has 1 aliphatic heterocycles. The van der Waals surface area contributed by atoms with Gasteiger partial charge in [0.1, 0.15) is 5.82 Å². The largest absolute Gasteiger partial charge is 0.324 e. The summed E-state index contributed by atoms with van der Waals surface area (Å²) in [6.07, 6.45) is 3.32. The predicted octanol–water partition coefficient (Wildman–Crippen LogP) is 2.24. The monoisotopic (exact) mass is 279 g/mol. The zero-order valence-corrected chi connectivity index (χ0v) is 12.6.